The van der Waals surface area contributed by atoms with Gasteiger partial charge < -0.3 is 14.3 Å². The number of aromatic amines is 1. The highest BCUT2D eigenvalue weighted by molar-refractivity contribution is 5.93. The summed E-state index contributed by atoms with van der Waals surface area (Å²) < 4.78 is 6.12. The van der Waals surface area contributed by atoms with Crippen LogP contribution in [0.25, 0.3) is 27.7 Å². The minimum atomic E-state index is -0.344. The third kappa shape index (κ3) is 3.80. The van der Waals surface area contributed by atoms with Crippen molar-refractivity contribution in [3.05, 3.63) is 94.7 Å². The lowest BCUT2D eigenvalue weighted by Gasteiger charge is -2.48. The fourth-order valence-electron chi connectivity index (χ4n) is 5.71. The molecule has 3 aromatic rings. The number of hydrogen-bond donors (Lipinski definition) is 1. The van der Waals surface area contributed by atoms with Gasteiger partial charge in [0.15, 0.2) is 0 Å². The maximum absolute atomic E-state index is 13.3. The minimum Gasteiger partial charge on any atom is -0.422 e. The molecule has 4 nitrogen and oxygen atoms in total. The van der Waals surface area contributed by atoms with E-state index in [4.69, 9.17) is 4.42 Å². The van der Waals surface area contributed by atoms with Crippen molar-refractivity contribution in [2.24, 2.45) is 0 Å². The molecule has 0 aliphatic carbocycles. The van der Waals surface area contributed by atoms with Gasteiger partial charge in [-0.1, -0.05) is 53.5 Å². The molecule has 36 heavy (non-hydrogen) atoms. The molecular formula is C32H36N2O2. The summed E-state index contributed by atoms with van der Waals surface area (Å²) in [6, 6.07) is 8.20. The van der Waals surface area contributed by atoms with Gasteiger partial charge in [0.1, 0.15) is 5.58 Å². The predicted octanol–water partition coefficient (Wildman–Crippen LogP) is 7.61. The third-order valence-corrected chi connectivity index (χ3v) is 8.17. The van der Waals surface area contributed by atoms with E-state index < -0.39 is 0 Å². The van der Waals surface area contributed by atoms with Gasteiger partial charge in [-0.25, -0.2) is 4.79 Å². The minimum absolute atomic E-state index is 0.0623. The van der Waals surface area contributed by atoms with Crippen molar-refractivity contribution in [1.82, 2.24) is 4.98 Å². The normalized spacial score (nSPS) is 18.1. The van der Waals surface area contributed by atoms with Crippen LogP contribution in [0.3, 0.4) is 0 Å². The zero-order chi connectivity index (χ0) is 26.0. The second-order valence-corrected chi connectivity index (χ2v) is 11.6. The van der Waals surface area contributed by atoms with E-state index in [1.54, 1.807) is 6.08 Å². The number of aromatic nitrogens is 1. The van der Waals surface area contributed by atoms with Gasteiger partial charge in [0, 0.05) is 41.1 Å². The van der Waals surface area contributed by atoms with Crippen LogP contribution in [0.4, 0.5) is 5.69 Å². The number of rotatable bonds is 5. The first-order chi connectivity index (χ1) is 16.9. The molecule has 0 saturated heterocycles. The average Bonchev–Trinajstić information content (AvgIpc) is 3.32. The average molecular weight is 481 g/mol. The highest BCUT2D eigenvalue weighted by atomic mass is 16.4. The monoisotopic (exact) mass is 480 g/mol. The summed E-state index contributed by atoms with van der Waals surface area (Å²) in [5.41, 5.74) is 8.98. The number of H-pyrrole nitrogens is 1. The maximum Gasteiger partial charge on any atom is 0.344 e. The molecule has 0 amide bonds. The second-order valence-electron chi connectivity index (χ2n) is 11.6. The number of hydrogen-bond acceptors (Lipinski definition) is 3. The van der Waals surface area contributed by atoms with Gasteiger partial charge in [-0.3, -0.25) is 0 Å². The Kier molecular flexibility index (Phi) is 5.55. The molecule has 4 heterocycles. The first kappa shape index (κ1) is 24.2. The molecule has 2 aliphatic rings. The zero-order valence-electron chi connectivity index (χ0n) is 22.2. The number of benzene rings is 1. The summed E-state index contributed by atoms with van der Waals surface area (Å²) >= 11 is 0. The van der Waals surface area contributed by atoms with Crippen molar-refractivity contribution in [1.29, 1.82) is 0 Å². The largest absolute Gasteiger partial charge is 0.422 e. The number of fused-ring (bicyclic) bond motifs is 2. The Balaban J connectivity index is 1.64. The van der Waals surface area contributed by atoms with Crippen molar-refractivity contribution in [3.63, 3.8) is 0 Å². The topological polar surface area (TPSA) is 49.2 Å². The smallest absolute Gasteiger partial charge is 0.344 e. The Morgan fingerprint density at radius 3 is 2.39 bits per heavy atom. The van der Waals surface area contributed by atoms with Crippen molar-refractivity contribution in [2.45, 2.75) is 58.3 Å². The van der Waals surface area contributed by atoms with Gasteiger partial charge in [0.2, 0.25) is 0 Å². The van der Waals surface area contributed by atoms with E-state index in [1.165, 1.54) is 16.8 Å². The molecule has 0 bridgehead atoms. The molecule has 2 aliphatic heterocycles. The number of nitrogens with zero attached hydrogens (tertiary/aromatic N) is 1. The van der Waals surface area contributed by atoms with Gasteiger partial charge in [0.25, 0.3) is 0 Å². The van der Waals surface area contributed by atoms with Crippen LogP contribution in [0.2, 0.25) is 0 Å². The SMILES string of the molecule is C=CC(=C)c1ccc(/C(C)=C/C(=C)c2cc3cc4c5c(c3oc2=O)C(C)(C)CCN5CCC4(C)C)[nH]1. The first-order valence-electron chi connectivity index (χ1n) is 12.7. The lowest BCUT2D eigenvalue weighted by Crippen LogP contribution is -2.44. The van der Waals surface area contributed by atoms with Crippen LogP contribution in [-0.2, 0) is 10.8 Å². The predicted molar refractivity (Wildman–Crippen MR) is 153 cm³/mol. The van der Waals surface area contributed by atoms with Gasteiger partial charge in [-0.2, -0.15) is 0 Å². The first-order valence-corrected chi connectivity index (χ1v) is 12.7. The summed E-state index contributed by atoms with van der Waals surface area (Å²) in [6.45, 7) is 25.3. The molecule has 0 fully saturated rings. The Morgan fingerprint density at radius 1 is 1.03 bits per heavy atom. The highest BCUT2D eigenvalue weighted by Gasteiger charge is 2.41. The summed E-state index contributed by atoms with van der Waals surface area (Å²) in [5, 5.41) is 0.972. The number of anilines is 1. The van der Waals surface area contributed by atoms with E-state index in [9.17, 15) is 4.79 Å². The van der Waals surface area contributed by atoms with Crippen molar-refractivity contribution >= 4 is 33.4 Å². The van der Waals surface area contributed by atoms with E-state index >= 15 is 0 Å². The fraction of sp³-hybridized carbons (Fsp3) is 0.344. The summed E-state index contributed by atoms with van der Waals surface area (Å²) in [7, 11) is 0. The Bertz CT molecular complexity index is 1520. The lowest BCUT2D eigenvalue weighted by atomic mass is 9.69. The Morgan fingerprint density at radius 2 is 1.69 bits per heavy atom. The van der Waals surface area contributed by atoms with Gasteiger partial charge in [0.05, 0.1) is 5.56 Å². The Hall–Kier alpha value is -3.53. The standard InChI is InChI=1S/C32H36N2O2/c1-9-19(2)25-10-11-26(33-25)21(4)16-20(3)23-17-22-18-24-28-27(29(22)36-30(23)35)32(7,8)13-15-34(28)14-12-31(24,5)6/h9-11,16-18,33H,1-3,12-15H2,4-8H3/b21-16+. The van der Waals surface area contributed by atoms with Crippen LogP contribution < -0.4 is 10.5 Å². The van der Waals surface area contributed by atoms with Gasteiger partial charge >= 0.3 is 5.63 Å². The summed E-state index contributed by atoms with van der Waals surface area (Å²) in [4.78, 5) is 19.1. The van der Waals surface area contributed by atoms with Crippen molar-refractivity contribution in [3.8, 4) is 0 Å². The van der Waals surface area contributed by atoms with Crippen LogP contribution in [0.1, 0.15) is 75.5 Å². The second kappa shape index (κ2) is 8.26. The van der Waals surface area contributed by atoms with Crippen molar-refractivity contribution in [2.75, 3.05) is 18.0 Å². The van der Waals surface area contributed by atoms with Crippen LogP contribution in [0.15, 0.2) is 65.4 Å². The molecule has 1 N–H and O–H groups in total. The quantitative estimate of drug-likeness (QED) is 0.302. The molecule has 0 spiro atoms. The van der Waals surface area contributed by atoms with Gasteiger partial charge in [-0.15, -0.1) is 0 Å². The fourth-order valence-corrected chi connectivity index (χ4v) is 5.71. The molecule has 2 aromatic heterocycles. The van der Waals surface area contributed by atoms with Gasteiger partial charge in [-0.05, 0) is 83.2 Å². The molecule has 0 unspecified atom stereocenters. The highest BCUT2D eigenvalue weighted by Crippen LogP contribution is 2.51. The number of nitrogens with one attached hydrogen (secondary N) is 1. The molecule has 0 atom stereocenters. The maximum atomic E-state index is 13.3. The Labute approximate surface area is 213 Å². The molecule has 1 aromatic carbocycles. The van der Waals surface area contributed by atoms with E-state index in [2.05, 4.69) is 63.4 Å². The molecule has 0 radical (unpaired) electrons. The lowest BCUT2D eigenvalue weighted by molar-refractivity contribution is 0.398. The van der Waals surface area contributed by atoms with Crippen molar-refractivity contribution < 1.29 is 4.42 Å². The van der Waals surface area contributed by atoms with Crippen LogP contribution in [0, 0.1) is 0 Å². The molecule has 5 rings (SSSR count). The van der Waals surface area contributed by atoms with E-state index in [1.807, 2.05) is 31.2 Å². The summed E-state index contributed by atoms with van der Waals surface area (Å²) in [6.07, 6.45) is 5.81. The van der Waals surface area contributed by atoms with Crippen LogP contribution in [0.5, 0.6) is 0 Å². The molecular weight excluding hydrogens is 444 g/mol. The van der Waals surface area contributed by atoms with E-state index in [-0.39, 0.29) is 16.5 Å². The zero-order valence-corrected chi connectivity index (χ0v) is 22.2. The van der Waals surface area contributed by atoms with Crippen LogP contribution in [-0.4, -0.2) is 18.1 Å². The molecule has 186 valence electrons. The molecule has 4 heteroatoms. The summed E-state index contributed by atoms with van der Waals surface area (Å²) in [5.74, 6) is 0. The van der Waals surface area contributed by atoms with Crippen LogP contribution >= 0.6 is 0 Å². The molecule has 0 saturated carbocycles. The van der Waals surface area contributed by atoms with E-state index in [0.29, 0.717) is 11.1 Å². The third-order valence-electron chi connectivity index (χ3n) is 8.17. The van der Waals surface area contributed by atoms with E-state index in [0.717, 1.165) is 59.4 Å². The number of allylic oxidation sites excluding steroid dienone is 5.